The van der Waals surface area contributed by atoms with Crippen LogP contribution in [0.4, 0.5) is 4.79 Å². The number of hydrogen-bond donors (Lipinski definition) is 3. The maximum Gasteiger partial charge on any atom is 0.408 e. The molecule has 0 unspecified atom stereocenters. The predicted octanol–water partition coefficient (Wildman–Crippen LogP) is 5.25. The monoisotopic (exact) mass is 711 g/mol. The molecule has 3 N–H and O–H groups in total. The molecule has 3 amide bonds. The molecule has 2 heterocycles. The molecule has 1 aliphatic heterocycles. The largest absolute Gasteiger partial charge is 0.479 e. The summed E-state index contributed by atoms with van der Waals surface area (Å²) in [6.45, 7) is 13.1. The summed E-state index contributed by atoms with van der Waals surface area (Å²) in [5.41, 5.74) is 0.891. The van der Waals surface area contributed by atoms with Crippen molar-refractivity contribution < 1.29 is 29.0 Å². The Bertz CT molecular complexity index is 1750. The van der Waals surface area contributed by atoms with Gasteiger partial charge in [-0.2, -0.15) is 4.80 Å². The Kier molecular flexibility index (Phi) is 11.9. The minimum atomic E-state index is -1.48. The standard InChI is InChI=1S/C39H49N7O6/c1-6-8-9-10-14-17-31(40-37(51)52-38(3,4)5)35(48)45-25-29(22-32(45)34(47)41-39(36(49)50)23-30(39)7-2)33-42-44-46(43-33)24-26-18-20-28(21-19-26)27-15-12-11-13-16-27/h6-7,11-13,15-16,18-21,29-32H,1-2,8-10,14,17,22-25H2,3-5H3,(H,40,51)(H,41,47)(H,49,50)/t29-,30-,31+,32+,39+/m1/s1. The number of nitrogens with one attached hydrogen (secondary N) is 2. The van der Waals surface area contributed by atoms with Gasteiger partial charge in [-0.05, 0) is 74.8 Å². The first-order valence-electron chi connectivity index (χ1n) is 17.8. The van der Waals surface area contributed by atoms with Crippen molar-refractivity contribution in [3.8, 4) is 11.1 Å². The van der Waals surface area contributed by atoms with Gasteiger partial charge >= 0.3 is 12.1 Å². The third-order valence-corrected chi connectivity index (χ3v) is 9.52. The number of tetrazole rings is 1. The summed E-state index contributed by atoms with van der Waals surface area (Å²) in [5, 5.41) is 28.6. The number of rotatable bonds is 16. The van der Waals surface area contributed by atoms with Gasteiger partial charge in [0.1, 0.15) is 23.2 Å². The van der Waals surface area contributed by atoms with Crippen molar-refractivity contribution in [1.82, 2.24) is 35.7 Å². The molecule has 0 spiro atoms. The minimum absolute atomic E-state index is 0.0717. The van der Waals surface area contributed by atoms with Gasteiger partial charge in [-0.1, -0.05) is 79.6 Å². The van der Waals surface area contributed by atoms with E-state index >= 15 is 0 Å². The maximum atomic E-state index is 14.3. The van der Waals surface area contributed by atoms with E-state index in [9.17, 15) is 24.3 Å². The smallest absolute Gasteiger partial charge is 0.408 e. The Morgan fingerprint density at radius 3 is 2.38 bits per heavy atom. The van der Waals surface area contributed by atoms with E-state index in [4.69, 9.17) is 4.74 Å². The lowest BCUT2D eigenvalue weighted by Gasteiger charge is -2.30. The number of aliphatic carboxylic acids is 1. The highest BCUT2D eigenvalue weighted by Gasteiger charge is 2.61. The van der Waals surface area contributed by atoms with Gasteiger partial charge in [0.05, 0.1) is 6.54 Å². The first-order valence-corrected chi connectivity index (χ1v) is 17.8. The maximum absolute atomic E-state index is 14.3. The number of carboxylic acid groups (broad SMARTS) is 1. The third kappa shape index (κ3) is 9.31. The Labute approximate surface area is 304 Å². The SMILES string of the molecule is C=CCCCCC[C@H](NC(=O)OC(C)(C)C)C(=O)N1C[C@H](c2nnn(Cc3ccc(-c4ccccc4)cc3)n2)C[C@H]1C(=O)N[C@@]1(C(=O)O)C[C@H]1C=C. The molecular weight excluding hydrogens is 662 g/mol. The van der Waals surface area contributed by atoms with Crippen molar-refractivity contribution in [3.05, 3.63) is 91.3 Å². The lowest BCUT2D eigenvalue weighted by Crippen LogP contribution is -2.56. The number of amides is 3. The second-order valence-electron chi connectivity index (χ2n) is 14.6. The number of aromatic nitrogens is 4. The lowest BCUT2D eigenvalue weighted by molar-refractivity contribution is -0.145. The van der Waals surface area contributed by atoms with Crippen LogP contribution >= 0.6 is 0 Å². The molecule has 3 aromatic rings. The number of likely N-dealkylation sites (tertiary alicyclic amines) is 1. The molecule has 52 heavy (non-hydrogen) atoms. The summed E-state index contributed by atoms with van der Waals surface area (Å²) in [4.78, 5) is 56.3. The quantitative estimate of drug-likeness (QED) is 0.133. The molecule has 2 fully saturated rings. The number of unbranched alkanes of at least 4 members (excludes halogenated alkanes) is 3. The van der Waals surface area contributed by atoms with Gasteiger partial charge in [0.15, 0.2) is 5.82 Å². The Balaban J connectivity index is 1.36. The molecule has 1 aliphatic carbocycles. The fraction of sp³-hybridized carbons (Fsp3) is 0.462. The Morgan fingerprint density at radius 1 is 1.04 bits per heavy atom. The van der Waals surface area contributed by atoms with Gasteiger partial charge in [-0.3, -0.25) is 9.59 Å². The van der Waals surface area contributed by atoms with Gasteiger partial charge < -0.3 is 25.4 Å². The summed E-state index contributed by atoms with van der Waals surface area (Å²) in [7, 11) is 0. The van der Waals surface area contributed by atoms with E-state index in [1.165, 1.54) is 15.8 Å². The van der Waals surface area contributed by atoms with Gasteiger partial charge in [-0.15, -0.1) is 23.4 Å². The van der Waals surface area contributed by atoms with Crippen LogP contribution in [-0.2, 0) is 25.7 Å². The normalized spacial score (nSPS) is 21.5. The zero-order valence-corrected chi connectivity index (χ0v) is 30.2. The number of alkyl carbamates (subject to hydrolysis) is 1. The molecule has 2 aromatic carbocycles. The van der Waals surface area contributed by atoms with Crippen LogP contribution < -0.4 is 10.6 Å². The zero-order chi connectivity index (χ0) is 37.5. The number of benzene rings is 2. The van der Waals surface area contributed by atoms with Crippen LogP contribution in [0.25, 0.3) is 11.1 Å². The van der Waals surface area contributed by atoms with E-state index in [0.717, 1.165) is 36.0 Å². The van der Waals surface area contributed by atoms with E-state index in [1.54, 1.807) is 20.8 Å². The number of ether oxygens (including phenoxy) is 1. The number of carbonyl (C=O) groups is 4. The van der Waals surface area contributed by atoms with Crippen LogP contribution in [0.15, 0.2) is 79.9 Å². The first kappa shape index (κ1) is 37.9. The van der Waals surface area contributed by atoms with Crippen LogP contribution in [0, 0.1) is 5.92 Å². The van der Waals surface area contributed by atoms with E-state index in [1.807, 2.05) is 60.7 Å². The molecule has 1 saturated carbocycles. The fourth-order valence-corrected chi connectivity index (χ4v) is 6.64. The van der Waals surface area contributed by atoms with Crippen LogP contribution in [0.5, 0.6) is 0 Å². The van der Waals surface area contributed by atoms with Gasteiger partial charge in [0.25, 0.3) is 0 Å². The molecule has 0 radical (unpaired) electrons. The van der Waals surface area contributed by atoms with Crippen molar-refractivity contribution in [2.75, 3.05) is 6.54 Å². The zero-order valence-electron chi connectivity index (χ0n) is 30.2. The number of carbonyl (C=O) groups excluding carboxylic acids is 3. The third-order valence-electron chi connectivity index (χ3n) is 9.52. The summed E-state index contributed by atoms with van der Waals surface area (Å²) in [5.74, 6) is -2.78. The summed E-state index contributed by atoms with van der Waals surface area (Å²) in [6.07, 6.45) is 6.43. The molecule has 1 aromatic heterocycles. The fourth-order valence-electron chi connectivity index (χ4n) is 6.64. The van der Waals surface area contributed by atoms with Crippen LogP contribution in [0.3, 0.4) is 0 Å². The molecule has 13 heteroatoms. The van der Waals surface area contributed by atoms with Crippen molar-refractivity contribution in [2.45, 2.75) is 101 Å². The summed E-state index contributed by atoms with van der Waals surface area (Å²) >= 11 is 0. The van der Waals surface area contributed by atoms with Gasteiger partial charge in [0.2, 0.25) is 11.8 Å². The molecular formula is C39H49N7O6. The lowest BCUT2D eigenvalue weighted by atomic mass is 10.0. The highest BCUT2D eigenvalue weighted by Crippen LogP contribution is 2.45. The van der Waals surface area contributed by atoms with Crippen molar-refractivity contribution >= 4 is 23.9 Å². The molecule has 5 rings (SSSR count). The van der Waals surface area contributed by atoms with Gasteiger partial charge in [0, 0.05) is 18.4 Å². The summed E-state index contributed by atoms with van der Waals surface area (Å²) in [6, 6.07) is 16.1. The van der Waals surface area contributed by atoms with Crippen molar-refractivity contribution in [2.24, 2.45) is 5.92 Å². The summed E-state index contributed by atoms with van der Waals surface area (Å²) < 4.78 is 5.48. The van der Waals surface area contributed by atoms with Crippen molar-refractivity contribution in [3.63, 3.8) is 0 Å². The second kappa shape index (κ2) is 16.3. The van der Waals surface area contributed by atoms with Crippen LogP contribution in [0.1, 0.15) is 83.0 Å². The highest BCUT2D eigenvalue weighted by molar-refractivity contribution is 5.96. The Hall–Kier alpha value is -5.33. The Morgan fingerprint density at radius 2 is 1.75 bits per heavy atom. The topological polar surface area (TPSA) is 169 Å². The van der Waals surface area contributed by atoms with Crippen LogP contribution in [0.2, 0.25) is 0 Å². The molecule has 1 saturated heterocycles. The molecule has 2 aliphatic rings. The van der Waals surface area contributed by atoms with Crippen molar-refractivity contribution in [1.29, 1.82) is 0 Å². The van der Waals surface area contributed by atoms with E-state index in [-0.39, 0.29) is 19.4 Å². The first-order chi connectivity index (χ1) is 24.8. The molecule has 5 atom stereocenters. The predicted molar refractivity (Wildman–Crippen MR) is 195 cm³/mol. The van der Waals surface area contributed by atoms with E-state index in [0.29, 0.717) is 25.2 Å². The minimum Gasteiger partial charge on any atom is -0.479 e. The average Bonchev–Trinajstić information content (AvgIpc) is 3.39. The second-order valence-corrected chi connectivity index (χ2v) is 14.6. The average molecular weight is 712 g/mol. The highest BCUT2D eigenvalue weighted by atomic mass is 16.6. The number of nitrogens with zero attached hydrogens (tertiary/aromatic N) is 5. The molecule has 13 nitrogen and oxygen atoms in total. The van der Waals surface area contributed by atoms with E-state index in [2.05, 4.69) is 39.2 Å². The van der Waals surface area contributed by atoms with Gasteiger partial charge in [-0.25, -0.2) is 9.59 Å². The molecule has 0 bridgehead atoms. The van der Waals surface area contributed by atoms with Crippen LogP contribution in [-0.4, -0.2) is 83.9 Å². The molecule has 276 valence electrons. The number of carboxylic acids is 1. The number of hydrogen-bond acceptors (Lipinski definition) is 8. The number of allylic oxidation sites excluding steroid dienone is 1. The van der Waals surface area contributed by atoms with E-state index < -0.39 is 58.9 Å².